The highest BCUT2D eigenvalue weighted by molar-refractivity contribution is 5.67. The van der Waals surface area contributed by atoms with Crippen LogP contribution in [0.4, 0.5) is 4.79 Å². The van der Waals surface area contributed by atoms with Gasteiger partial charge in [0.15, 0.2) is 0 Å². The van der Waals surface area contributed by atoms with Gasteiger partial charge < -0.3 is 4.74 Å². The minimum Gasteiger partial charge on any atom is -0.448 e. The molecule has 0 spiro atoms. The Morgan fingerprint density at radius 1 is 1.64 bits per heavy atom. The molecule has 1 aliphatic heterocycles. The topological polar surface area (TPSA) is 41.6 Å². The average molecular weight is 158 g/mol. The van der Waals surface area contributed by atoms with E-state index >= 15 is 0 Å². The summed E-state index contributed by atoms with van der Waals surface area (Å²) >= 11 is 0. The molecule has 0 aromatic carbocycles. The van der Waals surface area contributed by atoms with Gasteiger partial charge in [0.25, 0.3) is 0 Å². The maximum absolute atomic E-state index is 11.0. The minimum absolute atomic E-state index is 0.259. The number of cyclic esters (lactones) is 1. The van der Waals surface area contributed by atoms with E-state index in [1.807, 2.05) is 13.8 Å². The predicted molar refractivity (Wildman–Crippen MR) is 40.9 cm³/mol. The van der Waals surface area contributed by atoms with Crippen molar-refractivity contribution in [3.8, 4) is 0 Å². The third-order valence-electron chi connectivity index (χ3n) is 1.39. The Morgan fingerprint density at radius 2 is 2.36 bits per heavy atom. The SMILES string of the molecule is CC(C)NN1CCCOC1=O. The van der Waals surface area contributed by atoms with Crippen LogP contribution in [-0.2, 0) is 4.74 Å². The Kier molecular flexibility index (Phi) is 2.70. The van der Waals surface area contributed by atoms with E-state index in [0.717, 1.165) is 13.0 Å². The molecule has 4 heteroatoms. The van der Waals surface area contributed by atoms with Crippen molar-refractivity contribution < 1.29 is 9.53 Å². The summed E-state index contributed by atoms with van der Waals surface area (Å²) in [5.41, 5.74) is 2.99. The van der Waals surface area contributed by atoms with E-state index in [1.165, 1.54) is 5.01 Å². The largest absolute Gasteiger partial charge is 0.448 e. The Bertz CT molecular complexity index is 147. The van der Waals surface area contributed by atoms with Gasteiger partial charge in [0.1, 0.15) is 0 Å². The second kappa shape index (κ2) is 3.57. The maximum atomic E-state index is 11.0. The summed E-state index contributed by atoms with van der Waals surface area (Å²) in [5, 5.41) is 1.52. The summed E-state index contributed by atoms with van der Waals surface area (Å²) < 4.78 is 4.82. The fourth-order valence-electron chi connectivity index (χ4n) is 0.980. The summed E-state index contributed by atoms with van der Waals surface area (Å²) in [6.45, 7) is 5.27. The highest BCUT2D eigenvalue weighted by Crippen LogP contribution is 2.01. The lowest BCUT2D eigenvalue weighted by Crippen LogP contribution is -2.49. The fraction of sp³-hybridized carbons (Fsp3) is 0.857. The van der Waals surface area contributed by atoms with E-state index in [-0.39, 0.29) is 12.1 Å². The molecule has 64 valence electrons. The first-order chi connectivity index (χ1) is 5.20. The van der Waals surface area contributed by atoms with Crippen molar-refractivity contribution in [2.45, 2.75) is 26.3 Å². The van der Waals surface area contributed by atoms with Gasteiger partial charge in [0.05, 0.1) is 6.61 Å². The van der Waals surface area contributed by atoms with Crippen molar-refractivity contribution in [3.05, 3.63) is 0 Å². The molecule has 1 rings (SSSR count). The number of hydrogen-bond donors (Lipinski definition) is 1. The van der Waals surface area contributed by atoms with Gasteiger partial charge in [-0.25, -0.2) is 15.2 Å². The van der Waals surface area contributed by atoms with Crippen LogP contribution in [-0.4, -0.2) is 30.3 Å². The number of amides is 1. The number of carbonyl (C=O) groups excluding carboxylic acids is 1. The van der Waals surface area contributed by atoms with E-state index < -0.39 is 0 Å². The summed E-state index contributed by atoms with van der Waals surface area (Å²) in [7, 11) is 0. The molecule has 0 aliphatic carbocycles. The van der Waals surface area contributed by atoms with E-state index in [4.69, 9.17) is 4.74 Å². The Morgan fingerprint density at radius 3 is 2.91 bits per heavy atom. The molecule has 1 saturated heterocycles. The second-order valence-corrected chi connectivity index (χ2v) is 2.90. The first-order valence-electron chi connectivity index (χ1n) is 3.90. The molecule has 0 aromatic rings. The minimum atomic E-state index is -0.259. The number of ether oxygens (including phenoxy) is 1. The van der Waals surface area contributed by atoms with Crippen LogP contribution in [0.15, 0.2) is 0 Å². The molecule has 1 N–H and O–H groups in total. The van der Waals surface area contributed by atoms with Crippen LogP contribution in [0.3, 0.4) is 0 Å². The van der Waals surface area contributed by atoms with Crippen molar-refractivity contribution in [1.82, 2.24) is 10.4 Å². The molecule has 1 fully saturated rings. The van der Waals surface area contributed by atoms with Gasteiger partial charge >= 0.3 is 6.09 Å². The first kappa shape index (κ1) is 8.33. The van der Waals surface area contributed by atoms with E-state index in [9.17, 15) is 4.79 Å². The van der Waals surface area contributed by atoms with Crippen molar-refractivity contribution >= 4 is 6.09 Å². The number of nitrogens with zero attached hydrogens (tertiary/aromatic N) is 1. The van der Waals surface area contributed by atoms with Gasteiger partial charge in [-0.2, -0.15) is 0 Å². The molecule has 0 bridgehead atoms. The summed E-state index contributed by atoms with van der Waals surface area (Å²) in [6.07, 6.45) is 0.649. The zero-order valence-electron chi connectivity index (χ0n) is 6.96. The van der Waals surface area contributed by atoms with Crippen LogP contribution in [0, 0.1) is 0 Å². The molecule has 4 nitrogen and oxygen atoms in total. The third-order valence-corrected chi connectivity index (χ3v) is 1.39. The Labute approximate surface area is 66.5 Å². The van der Waals surface area contributed by atoms with Gasteiger partial charge in [0.2, 0.25) is 0 Å². The number of carbonyl (C=O) groups is 1. The van der Waals surface area contributed by atoms with Crippen molar-refractivity contribution in [3.63, 3.8) is 0 Å². The van der Waals surface area contributed by atoms with Crippen LogP contribution in [0.25, 0.3) is 0 Å². The van der Waals surface area contributed by atoms with Crippen LogP contribution >= 0.6 is 0 Å². The molecule has 0 atom stereocenters. The van der Waals surface area contributed by atoms with E-state index in [2.05, 4.69) is 5.43 Å². The average Bonchev–Trinajstić information content (AvgIpc) is 1.93. The van der Waals surface area contributed by atoms with Gasteiger partial charge in [0, 0.05) is 19.0 Å². The first-order valence-corrected chi connectivity index (χ1v) is 3.90. The van der Waals surface area contributed by atoms with Crippen LogP contribution in [0.1, 0.15) is 20.3 Å². The van der Waals surface area contributed by atoms with E-state index in [1.54, 1.807) is 0 Å². The lowest BCUT2D eigenvalue weighted by atomic mass is 10.4. The smallest absolute Gasteiger partial charge is 0.424 e. The quantitative estimate of drug-likeness (QED) is 0.644. The highest BCUT2D eigenvalue weighted by Gasteiger charge is 2.19. The monoisotopic (exact) mass is 158 g/mol. The molecule has 0 unspecified atom stereocenters. The molecule has 11 heavy (non-hydrogen) atoms. The molecular formula is C7H14N2O2. The zero-order chi connectivity index (χ0) is 8.27. The molecule has 0 aromatic heterocycles. The van der Waals surface area contributed by atoms with Gasteiger partial charge in [-0.15, -0.1) is 0 Å². The summed E-state index contributed by atoms with van der Waals surface area (Å²) in [4.78, 5) is 11.0. The molecule has 0 saturated carbocycles. The molecule has 0 radical (unpaired) electrons. The van der Waals surface area contributed by atoms with Gasteiger partial charge in [-0.05, 0) is 13.8 Å². The van der Waals surface area contributed by atoms with Crippen LogP contribution in [0.5, 0.6) is 0 Å². The second-order valence-electron chi connectivity index (χ2n) is 2.90. The van der Waals surface area contributed by atoms with Crippen molar-refractivity contribution in [2.24, 2.45) is 0 Å². The van der Waals surface area contributed by atoms with Crippen LogP contribution < -0.4 is 5.43 Å². The van der Waals surface area contributed by atoms with E-state index in [0.29, 0.717) is 6.61 Å². The lowest BCUT2D eigenvalue weighted by Gasteiger charge is -2.28. The summed E-state index contributed by atoms with van der Waals surface area (Å²) in [5.74, 6) is 0. The molecule has 1 aliphatic rings. The third kappa shape index (κ3) is 2.38. The molecule has 1 amide bonds. The normalized spacial score (nSPS) is 18.8. The summed E-state index contributed by atoms with van der Waals surface area (Å²) in [6, 6.07) is 0.278. The molecular weight excluding hydrogens is 144 g/mol. The van der Waals surface area contributed by atoms with Crippen molar-refractivity contribution in [2.75, 3.05) is 13.2 Å². The number of hydrazine groups is 1. The standard InChI is InChI=1S/C7H14N2O2/c1-6(2)8-9-4-3-5-11-7(9)10/h6,8H,3-5H2,1-2H3. The Hall–Kier alpha value is -0.770. The van der Waals surface area contributed by atoms with Gasteiger partial charge in [-0.3, -0.25) is 0 Å². The number of rotatable bonds is 2. The zero-order valence-corrected chi connectivity index (χ0v) is 6.96. The highest BCUT2D eigenvalue weighted by atomic mass is 16.6. The maximum Gasteiger partial charge on any atom is 0.424 e. The predicted octanol–water partition coefficient (Wildman–Crippen LogP) is 0.742. The molecule has 1 heterocycles. The van der Waals surface area contributed by atoms with Crippen LogP contribution in [0.2, 0.25) is 0 Å². The lowest BCUT2D eigenvalue weighted by molar-refractivity contribution is 0.0461. The number of hydrogen-bond acceptors (Lipinski definition) is 3. The van der Waals surface area contributed by atoms with Gasteiger partial charge in [-0.1, -0.05) is 0 Å². The van der Waals surface area contributed by atoms with Crippen molar-refractivity contribution in [1.29, 1.82) is 0 Å². The fourth-order valence-corrected chi connectivity index (χ4v) is 0.980. The Balaban J connectivity index is 2.36. The number of nitrogens with one attached hydrogen (secondary N) is 1.